The molecule has 0 saturated carbocycles. The van der Waals surface area contributed by atoms with Crippen molar-refractivity contribution < 1.29 is 14.6 Å². The van der Waals surface area contributed by atoms with Crippen LogP contribution in [0.4, 0.5) is 0 Å². The van der Waals surface area contributed by atoms with Crippen LogP contribution >= 0.6 is 0 Å². The van der Waals surface area contributed by atoms with Gasteiger partial charge in [0.15, 0.2) is 0 Å². The fourth-order valence-electron chi connectivity index (χ4n) is 2.54. The Morgan fingerprint density at radius 3 is 2.54 bits per heavy atom. The lowest BCUT2D eigenvalue weighted by Crippen LogP contribution is -2.11. The van der Waals surface area contributed by atoms with Crippen molar-refractivity contribution in [3.05, 3.63) is 77.9 Å². The number of benzene rings is 3. The molecule has 0 heterocycles. The van der Waals surface area contributed by atoms with Gasteiger partial charge in [-0.05, 0) is 40.1 Å². The minimum Gasteiger partial charge on any atom is -0.487 e. The summed E-state index contributed by atoms with van der Waals surface area (Å²) in [6.07, 6.45) is -0.0423. The highest BCUT2D eigenvalue weighted by atomic mass is 16.5. The van der Waals surface area contributed by atoms with Gasteiger partial charge in [-0.2, -0.15) is 0 Å². The summed E-state index contributed by atoms with van der Waals surface area (Å²) in [6, 6.07) is 20.9. The minimum absolute atomic E-state index is 0.0423. The monoisotopic (exact) mass is 319 g/mol. The van der Waals surface area contributed by atoms with E-state index in [2.05, 4.69) is 0 Å². The van der Waals surface area contributed by atoms with Crippen LogP contribution < -0.4 is 4.74 Å². The third kappa shape index (κ3) is 3.79. The van der Waals surface area contributed by atoms with Gasteiger partial charge in [0.25, 0.3) is 0 Å². The van der Waals surface area contributed by atoms with Gasteiger partial charge in [-0.3, -0.25) is 4.79 Å². The van der Waals surface area contributed by atoms with Gasteiger partial charge < -0.3 is 15.3 Å². The Labute approximate surface area is 139 Å². The van der Waals surface area contributed by atoms with Crippen LogP contribution in [0.3, 0.4) is 0 Å². The largest absolute Gasteiger partial charge is 0.487 e. The van der Waals surface area contributed by atoms with Crippen molar-refractivity contribution in [2.24, 2.45) is 0 Å². The summed E-state index contributed by atoms with van der Waals surface area (Å²) < 4.78 is 5.64. The molecule has 0 aliphatic carbocycles. The normalized spacial score (nSPS) is 10.5. The van der Waals surface area contributed by atoms with E-state index in [9.17, 15) is 4.79 Å². The lowest BCUT2D eigenvalue weighted by molar-refractivity contribution is -0.136. The number of aliphatic carboxylic acids is 1. The van der Waals surface area contributed by atoms with E-state index in [-0.39, 0.29) is 13.0 Å². The van der Waals surface area contributed by atoms with Crippen LogP contribution in [0.25, 0.3) is 10.8 Å². The van der Waals surface area contributed by atoms with Gasteiger partial charge in [-0.25, -0.2) is 0 Å². The molecule has 0 spiro atoms. The van der Waals surface area contributed by atoms with Gasteiger partial charge in [-0.15, -0.1) is 0 Å². The Bertz CT molecular complexity index is 902. The second-order valence-corrected chi connectivity index (χ2v) is 5.55. The van der Waals surface area contributed by atoms with Gasteiger partial charge in [0, 0.05) is 0 Å². The summed E-state index contributed by atoms with van der Waals surface area (Å²) in [4.78, 5) is 10.8. The third-order valence-electron chi connectivity index (χ3n) is 3.73. The molecular formula is C20H17NO3. The van der Waals surface area contributed by atoms with E-state index in [1.807, 2.05) is 42.5 Å². The molecule has 4 heteroatoms. The minimum atomic E-state index is -0.879. The predicted octanol–water partition coefficient (Wildman–Crippen LogP) is 3.91. The van der Waals surface area contributed by atoms with Crippen molar-refractivity contribution in [2.75, 3.05) is 6.61 Å². The van der Waals surface area contributed by atoms with E-state index in [1.54, 1.807) is 24.3 Å². The fraction of sp³-hybridized carbons (Fsp3) is 0.100. The number of hydrogen-bond donors (Lipinski definition) is 2. The summed E-state index contributed by atoms with van der Waals surface area (Å²) >= 11 is 0. The van der Waals surface area contributed by atoms with E-state index in [0.717, 1.165) is 16.3 Å². The molecule has 0 aliphatic heterocycles. The maximum absolute atomic E-state index is 10.8. The topological polar surface area (TPSA) is 70.4 Å². The molecule has 0 saturated heterocycles. The maximum Gasteiger partial charge on any atom is 0.307 e. The molecule has 2 N–H and O–H groups in total. The molecule has 3 aromatic carbocycles. The first kappa shape index (κ1) is 15.7. The average molecular weight is 319 g/mol. The zero-order valence-corrected chi connectivity index (χ0v) is 13.0. The van der Waals surface area contributed by atoms with Gasteiger partial charge >= 0.3 is 5.97 Å². The van der Waals surface area contributed by atoms with Crippen LogP contribution in [-0.2, 0) is 11.2 Å². The van der Waals surface area contributed by atoms with E-state index in [1.165, 1.54) is 0 Å². The zero-order valence-electron chi connectivity index (χ0n) is 13.0. The maximum atomic E-state index is 10.8. The van der Waals surface area contributed by atoms with Crippen LogP contribution in [0.2, 0.25) is 0 Å². The number of ether oxygens (including phenoxy) is 1. The molecule has 0 aliphatic rings. The van der Waals surface area contributed by atoms with Crippen LogP contribution in [0.15, 0.2) is 66.7 Å². The molecule has 3 rings (SSSR count). The summed E-state index contributed by atoms with van der Waals surface area (Å²) in [5.74, 6) is -0.310. The first-order valence-electron chi connectivity index (χ1n) is 7.62. The highest BCUT2D eigenvalue weighted by Crippen LogP contribution is 2.17. The first-order valence-corrected chi connectivity index (χ1v) is 7.62. The van der Waals surface area contributed by atoms with E-state index in [0.29, 0.717) is 17.0 Å². The molecule has 0 unspecified atom stereocenters. The second kappa shape index (κ2) is 6.96. The number of rotatable bonds is 6. The van der Waals surface area contributed by atoms with E-state index in [4.69, 9.17) is 15.3 Å². The van der Waals surface area contributed by atoms with Crippen LogP contribution in [0, 0.1) is 5.41 Å². The molecule has 0 fully saturated rings. The van der Waals surface area contributed by atoms with Crippen molar-refractivity contribution in [1.29, 1.82) is 5.41 Å². The van der Waals surface area contributed by atoms with Crippen molar-refractivity contribution in [3.8, 4) is 5.75 Å². The molecule has 120 valence electrons. The number of carboxylic acids is 1. The second-order valence-electron chi connectivity index (χ2n) is 5.55. The van der Waals surface area contributed by atoms with E-state index >= 15 is 0 Å². The Hall–Kier alpha value is -3.14. The average Bonchev–Trinajstić information content (AvgIpc) is 2.59. The Morgan fingerprint density at radius 1 is 0.958 bits per heavy atom. The molecule has 0 aromatic heterocycles. The quantitative estimate of drug-likeness (QED) is 0.677. The molecule has 0 atom stereocenters. The number of fused-ring (bicyclic) bond motifs is 1. The molecule has 24 heavy (non-hydrogen) atoms. The van der Waals surface area contributed by atoms with Crippen molar-refractivity contribution >= 4 is 22.5 Å². The first-order chi connectivity index (χ1) is 11.6. The molecule has 0 bridgehead atoms. The number of nitrogens with one attached hydrogen (secondary N) is 1. The molecular weight excluding hydrogens is 302 g/mol. The van der Waals surface area contributed by atoms with Crippen molar-refractivity contribution in [1.82, 2.24) is 0 Å². The summed E-state index contributed by atoms with van der Waals surface area (Å²) in [5.41, 5.74) is 1.87. The smallest absolute Gasteiger partial charge is 0.307 e. The Balaban J connectivity index is 1.69. The van der Waals surface area contributed by atoms with Crippen molar-refractivity contribution in [2.45, 2.75) is 6.42 Å². The fourth-order valence-corrected chi connectivity index (χ4v) is 2.54. The summed E-state index contributed by atoms with van der Waals surface area (Å²) in [6.45, 7) is 0.134. The summed E-state index contributed by atoms with van der Waals surface area (Å²) in [5, 5.41) is 19.3. The molecule has 3 aromatic rings. The number of hydrogen-bond acceptors (Lipinski definition) is 3. The summed E-state index contributed by atoms with van der Waals surface area (Å²) in [7, 11) is 0. The van der Waals surface area contributed by atoms with Gasteiger partial charge in [0.2, 0.25) is 0 Å². The van der Waals surface area contributed by atoms with Crippen molar-refractivity contribution in [3.63, 3.8) is 0 Å². The highest BCUT2D eigenvalue weighted by Gasteiger charge is 2.06. The highest BCUT2D eigenvalue weighted by molar-refractivity contribution is 6.02. The Morgan fingerprint density at radius 2 is 1.75 bits per heavy atom. The SMILES string of the molecule is N=C(COc1cccc(CC(=O)O)c1)c1ccc2ccccc2c1. The van der Waals surface area contributed by atoms with Gasteiger partial charge in [0.05, 0.1) is 12.1 Å². The Kier molecular flexibility index (Phi) is 4.57. The lowest BCUT2D eigenvalue weighted by Gasteiger charge is -2.09. The van der Waals surface area contributed by atoms with E-state index < -0.39 is 5.97 Å². The molecule has 4 nitrogen and oxygen atoms in total. The zero-order chi connectivity index (χ0) is 16.9. The van der Waals surface area contributed by atoms with Gasteiger partial charge in [-0.1, -0.05) is 48.5 Å². The van der Waals surface area contributed by atoms with Gasteiger partial charge in [0.1, 0.15) is 12.4 Å². The molecule has 0 amide bonds. The number of carbonyl (C=O) groups is 1. The number of carboxylic acid groups (broad SMARTS) is 1. The molecule has 0 radical (unpaired) electrons. The lowest BCUT2D eigenvalue weighted by atomic mass is 10.0. The van der Waals surface area contributed by atoms with Crippen LogP contribution in [-0.4, -0.2) is 23.4 Å². The standard InChI is InChI=1S/C20H17NO3/c21-19(17-9-8-15-5-1-2-6-16(15)12-17)13-24-18-7-3-4-14(10-18)11-20(22)23/h1-10,12,21H,11,13H2,(H,22,23). The third-order valence-corrected chi connectivity index (χ3v) is 3.73. The van der Waals surface area contributed by atoms with Crippen LogP contribution in [0.1, 0.15) is 11.1 Å². The van der Waals surface area contributed by atoms with Crippen LogP contribution in [0.5, 0.6) is 5.75 Å². The predicted molar refractivity (Wildman–Crippen MR) is 94.1 cm³/mol.